The summed E-state index contributed by atoms with van der Waals surface area (Å²) < 4.78 is 0.809. The summed E-state index contributed by atoms with van der Waals surface area (Å²) in [5.41, 5.74) is 2.31. The van der Waals surface area contributed by atoms with Gasteiger partial charge in [-0.15, -0.1) is 10.2 Å². The predicted molar refractivity (Wildman–Crippen MR) is 101 cm³/mol. The molecule has 0 aliphatic carbocycles. The Morgan fingerprint density at radius 2 is 1.92 bits per heavy atom. The number of carbonyl (C=O) groups excluding carboxylic acids is 1. The van der Waals surface area contributed by atoms with Gasteiger partial charge < -0.3 is 5.32 Å². The van der Waals surface area contributed by atoms with Crippen LogP contribution in [0.25, 0.3) is 0 Å². The third-order valence-electron chi connectivity index (χ3n) is 3.25. The van der Waals surface area contributed by atoms with Gasteiger partial charge in [0.15, 0.2) is 4.34 Å². The van der Waals surface area contributed by atoms with E-state index >= 15 is 0 Å². The second kappa shape index (κ2) is 9.14. The monoisotopic (exact) mass is 371 g/mol. The molecule has 2 heterocycles. The zero-order chi connectivity index (χ0) is 17.3. The molecule has 3 aromatic rings. The van der Waals surface area contributed by atoms with E-state index in [1.807, 2.05) is 48.7 Å². The highest BCUT2D eigenvalue weighted by atomic mass is 32.2. The van der Waals surface area contributed by atoms with Crippen LogP contribution in [0.1, 0.15) is 11.1 Å². The van der Waals surface area contributed by atoms with E-state index in [-0.39, 0.29) is 6.03 Å². The highest BCUT2D eigenvalue weighted by Gasteiger charge is 2.08. The van der Waals surface area contributed by atoms with Crippen molar-refractivity contribution in [3.05, 3.63) is 66.0 Å². The third kappa shape index (κ3) is 5.84. The maximum Gasteiger partial charge on any atom is 0.321 e. The first-order valence-corrected chi connectivity index (χ1v) is 9.54. The number of hydrogen-bond donors (Lipinski definition) is 2. The second-order valence-corrected chi connectivity index (χ2v) is 7.34. The minimum Gasteiger partial charge on any atom is -0.337 e. The van der Waals surface area contributed by atoms with Crippen LogP contribution < -0.4 is 10.6 Å². The molecule has 0 spiro atoms. The van der Waals surface area contributed by atoms with Crippen molar-refractivity contribution in [1.29, 1.82) is 0 Å². The summed E-state index contributed by atoms with van der Waals surface area (Å²) in [7, 11) is 0. The van der Waals surface area contributed by atoms with Crippen molar-refractivity contribution in [3.8, 4) is 0 Å². The van der Waals surface area contributed by atoms with Gasteiger partial charge in [0.25, 0.3) is 0 Å². The van der Waals surface area contributed by atoms with Crippen LogP contribution in [0, 0.1) is 0 Å². The topological polar surface area (TPSA) is 79.8 Å². The molecule has 2 amide bonds. The van der Waals surface area contributed by atoms with Gasteiger partial charge in [0, 0.05) is 24.7 Å². The number of urea groups is 1. The molecule has 2 aromatic heterocycles. The largest absolute Gasteiger partial charge is 0.337 e. The molecule has 0 fully saturated rings. The van der Waals surface area contributed by atoms with Gasteiger partial charge in [-0.3, -0.25) is 10.3 Å². The number of aromatic nitrogens is 3. The Morgan fingerprint density at radius 1 is 1.08 bits per heavy atom. The quantitative estimate of drug-likeness (QED) is 0.490. The van der Waals surface area contributed by atoms with E-state index in [4.69, 9.17) is 0 Å². The molecule has 0 bridgehead atoms. The Labute approximate surface area is 154 Å². The number of anilines is 1. The molecule has 0 radical (unpaired) electrons. The lowest BCUT2D eigenvalue weighted by atomic mass is 10.1. The van der Waals surface area contributed by atoms with Crippen molar-refractivity contribution in [2.24, 2.45) is 0 Å². The minimum absolute atomic E-state index is 0.268. The summed E-state index contributed by atoms with van der Waals surface area (Å²) in [5, 5.41) is 14.1. The van der Waals surface area contributed by atoms with Crippen LogP contribution in [-0.4, -0.2) is 27.8 Å². The molecule has 1 aromatic carbocycles. The molecular formula is C17H17N5OS2. The van der Waals surface area contributed by atoms with E-state index in [1.165, 1.54) is 16.9 Å². The standard InChI is InChI=1S/C17H17N5OS2/c23-15(19-10-8-13-5-2-1-3-6-13)20-16-21-22-17(25-16)24-12-14-7-4-9-18-11-14/h1-7,9,11H,8,10,12H2,(H2,19,20,21,23). The Bertz CT molecular complexity index is 795. The first-order chi connectivity index (χ1) is 12.3. The SMILES string of the molecule is O=C(NCCc1ccccc1)Nc1nnc(SCc2cccnc2)s1. The van der Waals surface area contributed by atoms with Gasteiger partial charge in [-0.2, -0.15) is 0 Å². The van der Waals surface area contributed by atoms with Crippen LogP contribution in [0.15, 0.2) is 59.2 Å². The average molecular weight is 371 g/mol. The molecule has 25 heavy (non-hydrogen) atoms. The van der Waals surface area contributed by atoms with Gasteiger partial charge >= 0.3 is 6.03 Å². The first kappa shape index (κ1) is 17.4. The van der Waals surface area contributed by atoms with Crippen molar-refractivity contribution in [1.82, 2.24) is 20.5 Å². The molecule has 0 atom stereocenters. The summed E-state index contributed by atoms with van der Waals surface area (Å²) in [6.07, 6.45) is 4.36. The second-order valence-electron chi connectivity index (χ2n) is 5.14. The summed E-state index contributed by atoms with van der Waals surface area (Å²) in [5.74, 6) is 0.770. The van der Waals surface area contributed by atoms with E-state index in [1.54, 1.807) is 18.0 Å². The summed E-state index contributed by atoms with van der Waals surface area (Å²) >= 11 is 2.93. The number of thioether (sulfide) groups is 1. The van der Waals surface area contributed by atoms with Crippen LogP contribution in [0.4, 0.5) is 9.93 Å². The van der Waals surface area contributed by atoms with Crippen molar-refractivity contribution in [3.63, 3.8) is 0 Å². The Balaban J connectivity index is 1.40. The average Bonchev–Trinajstić information content (AvgIpc) is 3.09. The van der Waals surface area contributed by atoms with Gasteiger partial charge in [0.05, 0.1) is 0 Å². The summed E-state index contributed by atoms with van der Waals surface area (Å²) in [6.45, 7) is 0.567. The molecule has 3 rings (SSSR count). The normalized spacial score (nSPS) is 10.4. The number of nitrogens with zero attached hydrogens (tertiary/aromatic N) is 3. The Morgan fingerprint density at radius 3 is 2.72 bits per heavy atom. The van der Waals surface area contributed by atoms with Crippen molar-refractivity contribution in [2.45, 2.75) is 16.5 Å². The van der Waals surface area contributed by atoms with Crippen LogP contribution in [0.5, 0.6) is 0 Å². The lowest BCUT2D eigenvalue weighted by Crippen LogP contribution is -2.30. The lowest BCUT2D eigenvalue weighted by Gasteiger charge is -2.04. The van der Waals surface area contributed by atoms with Gasteiger partial charge in [-0.25, -0.2) is 4.79 Å². The maximum absolute atomic E-state index is 11.9. The molecule has 0 aliphatic heterocycles. The molecule has 128 valence electrons. The zero-order valence-electron chi connectivity index (χ0n) is 13.4. The number of benzene rings is 1. The van der Waals surface area contributed by atoms with Gasteiger partial charge in [0.1, 0.15) is 0 Å². The third-order valence-corrected chi connectivity index (χ3v) is 5.30. The van der Waals surface area contributed by atoms with Crippen LogP contribution in [-0.2, 0) is 12.2 Å². The van der Waals surface area contributed by atoms with Crippen LogP contribution in [0.2, 0.25) is 0 Å². The Hall–Kier alpha value is -2.45. The number of pyridine rings is 1. The van der Waals surface area contributed by atoms with Gasteiger partial charge in [-0.1, -0.05) is 59.5 Å². The van der Waals surface area contributed by atoms with E-state index < -0.39 is 0 Å². The van der Waals surface area contributed by atoms with Crippen molar-refractivity contribution in [2.75, 3.05) is 11.9 Å². The molecule has 6 nitrogen and oxygen atoms in total. The zero-order valence-corrected chi connectivity index (χ0v) is 15.0. The fourth-order valence-electron chi connectivity index (χ4n) is 2.05. The molecule has 2 N–H and O–H groups in total. The fourth-order valence-corrected chi connectivity index (χ4v) is 3.73. The number of amides is 2. The van der Waals surface area contributed by atoms with Crippen molar-refractivity contribution < 1.29 is 4.79 Å². The highest BCUT2D eigenvalue weighted by molar-refractivity contribution is 8.00. The van der Waals surface area contributed by atoms with Crippen LogP contribution >= 0.6 is 23.1 Å². The van der Waals surface area contributed by atoms with Crippen molar-refractivity contribution >= 4 is 34.3 Å². The van der Waals surface area contributed by atoms with E-state index in [0.29, 0.717) is 11.7 Å². The smallest absolute Gasteiger partial charge is 0.321 e. The molecule has 0 aliphatic rings. The van der Waals surface area contributed by atoms with Crippen LogP contribution in [0.3, 0.4) is 0 Å². The number of hydrogen-bond acceptors (Lipinski definition) is 6. The molecular weight excluding hydrogens is 354 g/mol. The predicted octanol–water partition coefficient (Wildman–Crippen LogP) is 3.59. The molecule has 0 unspecified atom stereocenters. The van der Waals surface area contributed by atoms with E-state index in [0.717, 1.165) is 22.1 Å². The van der Waals surface area contributed by atoms with Gasteiger partial charge in [0.2, 0.25) is 5.13 Å². The number of carbonyl (C=O) groups is 1. The van der Waals surface area contributed by atoms with Gasteiger partial charge in [-0.05, 0) is 23.6 Å². The number of rotatable bonds is 7. The molecule has 8 heteroatoms. The fraction of sp³-hybridized carbons (Fsp3) is 0.176. The first-order valence-electron chi connectivity index (χ1n) is 7.73. The maximum atomic E-state index is 11.9. The molecule has 0 saturated heterocycles. The number of nitrogens with one attached hydrogen (secondary N) is 2. The minimum atomic E-state index is -0.268. The molecule has 0 saturated carbocycles. The van der Waals surface area contributed by atoms with E-state index in [2.05, 4.69) is 25.8 Å². The summed E-state index contributed by atoms with van der Waals surface area (Å²) in [4.78, 5) is 16.0. The lowest BCUT2D eigenvalue weighted by molar-refractivity contribution is 0.252. The summed E-state index contributed by atoms with van der Waals surface area (Å²) in [6, 6.07) is 13.7. The van der Waals surface area contributed by atoms with E-state index in [9.17, 15) is 4.79 Å². The highest BCUT2D eigenvalue weighted by Crippen LogP contribution is 2.27. The Kier molecular flexibility index (Phi) is 6.35.